The van der Waals surface area contributed by atoms with Crippen LogP contribution in [0.25, 0.3) is 10.4 Å². The molecular formula is C13H11NO4S. The average Bonchev–Trinajstić information content (AvgIpc) is 2.91. The van der Waals surface area contributed by atoms with Crippen molar-refractivity contribution in [1.82, 2.24) is 4.37 Å². The lowest BCUT2D eigenvalue weighted by molar-refractivity contribution is 0.0552. The van der Waals surface area contributed by atoms with Crippen molar-refractivity contribution < 1.29 is 19.1 Å². The Balaban J connectivity index is 2.60. The van der Waals surface area contributed by atoms with Crippen molar-refractivity contribution in [2.24, 2.45) is 0 Å². The van der Waals surface area contributed by atoms with Crippen LogP contribution < -0.4 is 0 Å². The Morgan fingerprint density at radius 2 is 1.68 bits per heavy atom. The molecule has 0 atom stereocenters. The molecule has 5 nitrogen and oxygen atoms in total. The molecule has 0 aliphatic heterocycles. The Kier molecular flexibility index (Phi) is 3.91. The maximum absolute atomic E-state index is 11.8. The van der Waals surface area contributed by atoms with E-state index in [2.05, 4.69) is 9.11 Å². The van der Waals surface area contributed by atoms with E-state index >= 15 is 0 Å². The second kappa shape index (κ2) is 5.62. The number of hydrogen-bond donors (Lipinski definition) is 0. The minimum absolute atomic E-state index is 0.0156. The van der Waals surface area contributed by atoms with Crippen molar-refractivity contribution in [3.8, 4) is 10.4 Å². The maximum Gasteiger partial charge on any atom is 0.358 e. The second-order valence-electron chi connectivity index (χ2n) is 3.58. The number of carbonyl (C=O) groups excluding carboxylic acids is 2. The van der Waals surface area contributed by atoms with Crippen molar-refractivity contribution in [3.05, 3.63) is 41.6 Å². The lowest BCUT2D eigenvalue weighted by atomic mass is 10.1. The largest absolute Gasteiger partial charge is 0.465 e. The van der Waals surface area contributed by atoms with Crippen LogP contribution in [-0.4, -0.2) is 30.5 Å². The topological polar surface area (TPSA) is 65.5 Å². The average molecular weight is 277 g/mol. The number of nitrogens with zero attached hydrogens (tertiary/aromatic N) is 1. The molecule has 1 aromatic carbocycles. The van der Waals surface area contributed by atoms with E-state index in [1.54, 1.807) is 0 Å². The number of benzene rings is 1. The number of ether oxygens (including phenoxy) is 2. The van der Waals surface area contributed by atoms with Crippen LogP contribution in [0.2, 0.25) is 0 Å². The lowest BCUT2D eigenvalue weighted by Crippen LogP contribution is -2.11. The Labute approximate surface area is 113 Å². The van der Waals surface area contributed by atoms with Gasteiger partial charge in [-0.3, -0.25) is 0 Å². The molecule has 2 aromatic rings. The highest BCUT2D eigenvalue weighted by Gasteiger charge is 2.27. The number of carbonyl (C=O) groups is 2. The number of rotatable bonds is 3. The highest BCUT2D eigenvalue weighted by molar-refractivity contribution is 7.10. The molecule has 0 radical (unpaired) electrons. The van der Waals surface area contributed by atoms with E-state index in [-0.39, 0.29) is 11.3 Å². The predicted molar refractivity (Wildman–Crippen MR) is 70.2 cm³/mol. The maximum atomic E-state index is 11.8. The van der Waals surface area contributed by atoms with Gasteiger partial charge in [0.25, 0.3) is 0 Å². The normalized spacial score (nSPS) is 10.0. The minimum atomic E-state index is -0.654. The molecule has 98 valence electrons. The van der Waals surface area contributed by atoms with E-state index in [4.69, 9.17) is 4.74 Å². The fraction of sp³-hybridized carbons (Fsp3) is 0.154. The first-order valence-corrected chi connectivity index (χ1v) is 6.18. The van der Waals surface area contributed by atoms with Gasteiger partial charge >= 0.3 is 11.9 Å². The van der Waals surface area contributed by atoms with Gasteiger partial charge in [-0.15, -0.1) is 0 Å². The first-order chi connectivity index (χ1) is 9.19. The van der Waals surface area contributed by atoms with Gasteiger partial charge in [0, 0.05) is 0 Å². The Bertz CT molecular complexity index is 606. The van der Waals surface area contributed by atoms with Crippen molar-refractivity contribution in [2.75, 3.05) is 14.2 Å². The van der Waals surface area contributed by atoms with Gasteiger partial charge in [0.05, 0.1) is 19.1 Å². The van der Waals surface area contributed by atoms with Gasteiger partial charge in [-0.1, -0.05) is 30.3 Å². The molecule has 19 heavy (non-hydrogen) atoms. The molecule has 0 N–H and O–H groups in total. The molecule has 2 rings (SSSR count). The molecule has 0 aliphatic carbocycles. The first kappa shape index (κ1) is 13.2. The van der Waals surface area contributed by atoms with E-state index in [0.29, 0.717) is 4.88 Å². The summed E-state index contributed by atoms with van der Waals surface area (Å²) in [5, 5.41) is 0. The molecule has 0 spiro atoms. The monoisotopic (exact) mass is 277 g/mol. The smallest absolute Gasteiger partial charge is 0.358 e. The number of aromatic nitrogens is 1. The first-order valence-electron chi connectivity index (χ1n) is 5.40. The van der Waals surface area contributed by atoms with Crippen LogP contribution in [0, 0.1) is 0 Å². The molecule has 0 saturated carbocycles. The molecule has 0 aliphatic rings. The summed E-state index contributed by atoms with van der Waals surface area (Å²) in [4.78, 5) is 24.1. The molecule has 0 unspecified atom stereocenters. The van der Waals surface area contributed by atoms with Gasteiger partial charge in [0.15, 0.2) is 5.69 Å². The van der Waals surface area contributed by atoms with Gasteiger partial charge in [-0.25, -0.2) is 9.59 Å². The van der Waals surface area contributed by atoms with Crippen molar-refractivity contribution in [2.45, 2.75) is 0 Å². The van der Waals surface area contributed by atoms with Gasteiger partial charge in [0.1, 0.15) is 5.56 Å². The SMILES string of the molecule is COC(=O)c1nsc(-c2ccccc2)c1C(=O)OC. The Morgan fingerprint density at radius 1 is 1.05 bits per heavy atom. The molecule has 1 aromatic heterocycles. The standard InChI is InChI=1S/C13H11NO4S/c1-17-12(15)9-10(13(16)18-2)14-19-11(9)8-6-4-3-5-7-8/h3-7H,1-2H3. The summed E-state index contributed by atoms with van der Waals surface area (Å²) < 4.78 is 13.3. The zero-order valence-electron chi connectivity index (χ0n) is 10.4. The van der Waals surface area contributed by atoms with Gasteiger partial charge < -0.3 is 9.47 Å². The summed E-state index contributed by atoms with van der Waals surface area (Å²) in [5.74, 6) is -1.26. The van der Waals surface area contributed by atoms with Crippen LogP contribution in [0.3, 0.4) is 0 Å². The molecule has 0 amide bonds. The van der Waals surface area contributed by atoms with Crippen LogP contribution in [0.1, 0.15) is 20.8 Å². The van der Waals surface area contributed by atoms with E-state index in [0.717, 1.165) is 17.1 Å². The van der Waals surface area contributed by atoms with Crippen LogP contribution >= 0.6 is 11.5 Å². The zero-order valence-corrected chi connectivity index (χ0v) is 11.2. The molecular weight excluding hydrogens is 266 g/mol. The summed E-state index contributed by atoms with van der Waals surface area (Å²) >= 11 is 1.06. The van der Waals surface area contributed by atoms with E-state index < -0.39 is 11.9 Å². The molecule has 0 saturated heterocycles. The highest BCUT2D eigenvalue weighted by Crippen LogP contribution is 2.31. The molecule has 6 heteroatoms. The zero-order chi connectivity index (χ0) is 13.8. The Hall–Kier alpha value is -2.21. The van der Waals surface area contributed by atoms with Gasteiger partial charge in [-0.2, -0.15) is 4.37 Å². The van der Waals surface area contributed by atoms with Crippen LogP contribution in [0.4, 0.5) is 0 Å². The molecule has 0 bridgehead atoms. The summed E-state index contributed by atoms with van der Waals surface area (Å²) in [7, 11) is 2.50. The minimum Gasteiger partial charge on any atom is -0.465 e. The van der Waals surface area contributed by atoms with E-state index in [9.17, 15) is 9.59 Å². The third-order valence-corrected chi connectivity index (χ3v) is 3.39. The number of esters is 2. The van der Waals surface area contributed by atoms with Crippen LogP contribution in [-0.2, 0) is 9.47 Å². The lowest BCUT2D eigenvalue weighted by Gasteiger charge is -2.03. The fourth-order valence-electron chi connectivity index (χ4n) is 1.60. The second-order valence-corrected chi connectivity index (χ2v) is 4.36. The summed E-state index contributed by atoms with van der Waals surface area (Å²) in [6.07, 6.45) is 0. The summed E-state index contributed by atoms with van der Waals surface area (Å²) in [6.45, 7) is 0. The highest BCUT2D eigenvalue weighted by atomic mass is 32.1. The van der Waals surface area contributed by atoms with Crippen molar-refractivity contribution in [3.63, 3.8) is 0 Å². The van der Waals surface area contributed by atoms with Crippen LogP contribution in [0.15, 0.2) is 30.3 Å². The fourth-order valence-corrected chi connectivity index (χ4v) is 2.47. The molecule has 0 fully saturated rings. The number of methoxy groups -OCH3 is 2. The van der Waals surface area contributed by atoms with Gasteiger partial charge in [0.2, 0.25) is 0 Å². The van der Waals surface area contributed by atoms with Crippen LogP contribution in [0.5, 0.6) is 0 Å². The molecule has 1 heterocycles. The third-order valence-electron chi connectivity index (χ3n) is 2.50. The predicted octanol–water partition coefficient (Wildman–Crippen LogP) is 2.38. The number of hydrogen-bond acceptors (Lipinski definition) is 6. The Morgan fingerprint density at radius 3 is 2.26 bits per heavy atom. The van der Waals surface area contributed by atoms with E-state index in [1.165, 1.54) is 14.2 Å². The third kappa shape index (κ3) is 2.48. The summed E-state index contributed by atoms with van der Waals surface area (Å²) in [5.41, 5.74) is 0.930. The van der Waals surface area contributed by atoms with Crippen molar-refractivity contribution >= 4 is 23.5 Å². The quantitative estimate of drug-likeness (QED) is 0.806. The summed E-state index contributed by atoms with van der Waals surface area (Å²) in [6, 6.07) is 9.22. The van der Waals surface area contributed by atoms with Crippen molar-refractivity contribution in [1.29, 1.82) is 0 Å². The van der Waals surface area contributed by atoms with E-state index in [1.807, 2.05) is 30.3 Å². The van der Waals surface area contributed by atoms with Gasteiger partial charge in [-0.05, 0) is 17.1 Å².